The Labute approximate surface area is 146 Å². The Kier molecular flexibility index (Phi) is 4.86. The quantitative estimate of drug-likeness (QED) is 0.692. The van der Waals surface area contributed by atoms with Crippen LogP contribution in [-0.2, 0) is 6.61 Å². The summed E-state index contributed by atoms with van der Waals surface area (Å²) < 4.78 is 32.3. The highest BCUT2D eigenvalue weighted by molar-refractivity contribution is 6.29. The van der Waals surface area contributed by atoms with Crippen molar-refractivity contribution in [2.45, 2.75) is 13.0 Å². The predicted octanol–water partition coefficient (Wildman–Crippen LogP) is 3.70. The molecule has 3 aromatic rings. The molecule has 0 spiro atoms. The van der Waals surface area contributed by atoms with E-state index in [2.05, 4.69) is 15.3 Å². The molecule has 2 heterocycles. The van der Waals surface area contributed by atoms with E-state index in [1.54, 1.807) is 6.07 Å². The van der Waals surface area contributed by atoms with Crippen LogP contribution in [0, 0.1) is 11.3 Å². The van der Waals surface area contributed by atoms with E-state index < -0.39 is 6.43 Å². The predicted molar refractivity (Wildman–Crippen MR) is 84.6 cm³/mol. The second-order valence-electron chi connectivity index (χ2n) is 4.90. The lowest BCUT2D eigenvalue weighted by Crippen LogP contribution is -2.08. The number of hydrogen-bond acceptors (Lipinski definition) is 5. The van der Waals surface area contributed by atoms with E-state index in [1.165, 1.54) is 41.2 Å². The van der Waals surface area contributed by atoms with Gasteiger partial charge in [-0.05, 0) is 18.2 Å². The molecule has 25 heavy (non-hydrogen) atoms. The molecule has 0 amide bonds. The summed E-state index contributed by atoms with van der Waals surface area (Å²) in [6.45, 7) is -0.00416. The minimum Gasteiger partial charge on any atom is -0.470 e. The van der Waals surface area contributed by atoms with Crippen LogP contribution in [0.1, 0.15) is 23.2 Å². The summed E-state index contributed by atoms with van der Waals surface area (Å²) in [4.78, 5) is 0. The van der Waals surface area contributed by atoms with Gasteiger partial charge in [-0.1, -0.05) is 23.7 Å². The lowest BCUT2D eigenvalue weighted by molar-refractivity contribution is 0.151. The fraction of sp³-hybridized carbons (Fsp3) is 0.125. The average Bonchev–Trinajstić information content (AvgIpc) is 3.04. The van der Waals surface area contributed by atoms with Crippen LogP contribution in [-0.4, -0.2) is 20.0 Å². The number of halogens is 3. The Bertz CT molecular complexity index is 904. The zero-order valence-corrected chi connectivity index (χ0v) is 13.4. The Hall–Kier alpha value is -3.05. The molecule has 0 radical (unpaired) electrons. The number of alkyl halides is 2. The first-order valence-electron chi connectivity index (χ1n) is 7.06. The van der Waals surface area contributed by atoms with Crippen LogP contribution in [0.5, 0.6) is 5.88 Å². The summed E-state index contributed by atoms with van der Waals surface area (Å²) in [5, 5.41) is 21.0. The molecule has 9 heteroatoms. The normalized spacial score (nSPS) is 10.7. The van der Waals surface area contributed by atoms with E-state index in [0.717, 1.165) is 0 Å². The Morgan fingerprint density at radius 3 is 2.52 bits per heavy atom. The van der Waals surface area contributed by atoms with Crippen LogP contribution in [0.3, 0.4) is 0 Å². The lowest BCUT2D eigenvalue weighted by atomic mass is 10.2. The van der Waals surface area contributed by atoms with Gasteiger partial charge in [0.25, 0.3) is 6.43 Å². The van der Waals surface area contributed by atoms with Gasteiger partial charge in [0.15, 0.2) is 5.15 Å². The first-order valence-corrected chi connectivity index (χ1v) is 7.44. The number of hydrogen-bond donors (Lipinski definition) is 0. The van der Waals surface area contributed by atoms with E-state index in [-0.39, 0.29) is 23.2 Å². The van der Waals surface area contributed by atoms with Crippen LogP contribution >= 0.6 is 11.6 Å². The van der Waals surface area contributed by atoms with E-state index in [4.69, 9.17) is 16.3 Å². The molecule has 0 unspecified atom stereocenters. The van der Waals surface area contributed by atoms with Crippen LogP contribution < -0.4 is 4.74 Å². The average molecular weight is 362 g/mol. The summed E-state index contributed by atoms with van der Waals surface area (Å²) in [5.74, 6) is 0.231. The number of aromatic nitrogens is 4. The highest BCUT2D eigenvalue weighted by Crippen LogP contribution is 2.22. The van der Waals surface area contributed by atoms with Crippen LogP contribution in [0.4, 0.5) is 8.78 Å². The number of nitrogens with zero attached hydrogens (tertiary/aromatic N) is 5. The standard InChI is InChI=1S/C16H10ClF2N5O/c17-14-5-6-15(23-22-14)25-9-13-11(7-20)8-21-24(13)12-3-1-10(2-4-12)16(18)19/h1-6,8,16H,9H2. The van der Waals surface area contributed by atoms with E-state index in [0.29, 0.717) is 16.9 Å². The molecular weight excluding hydrogens is 352 g/mol. The smallest absolute Gasteiger partial charge is 0.263 e. The molecule has 0 saturated carbocycles. The largest absolute Gasteiger partial charge is 0.470 e. The Morgan fingerprint density at radius 2 is 1.92 bits per heavy atom. The molecular formula is C16H10ClF2N5O. The molecule has 0 saturated heterocycles. The second kappa shape index (κ2) is 7.23. The maximum atomic E-state index is 12.7. The number of ether oxygens (including phenoxy) is 1. The summed E-state index contributed by atoms with van der Waals surface area (Å²) in [6.07, 6.45) is -1.17. The van der Waals surface area contributed by atoms with Crippen molar-refractivity contribution >= 4 is 11.6 Å². The molecule has 2 aromatic heterocycles. The summed E-state index contributed by atoms with van der Waals surface area (Å²) in [7, 11) is 0. The topological polar surface area (TPSA) is 76.6 Å². The maximum absolute atomic E-state index is 12.7. The van der Waals surface area contributed by atoms with Gasteiger partial charge < -0.3 is 4.74 Å². The van der Waals surface area contributed by atoms with Crippen molar-refractivity contribution in [2.75, 3.05) is 0 Å². The number of benzene rings is 1. The zero-order chi connectivity index (χ0) is 17.8. The first-order chi connectivity index (χ1) is 12.1. The SMILES string of the molecule is N#Cc1cnn(-c2ccc(C(F)F)cc2)c1COc1ccc(Cl)nn1. The van der Waals surface area contributed by atoms with Crippen molar-refractivity contribution in [1.82, 2.24) is 20.0 Å². The minimum atomic E-state index is -2.55. The molecule has 0 fully saturated rings. The van der Waals surface area contributed by atoms with Gasteiger partial charge >= 0.3 is 0 Å². The van der Waals surface area contributed by atoms with Gasteiger partial charge in [-0.2, -0.15) is 10.4 Å². The van der Waals surface area contributed by atoms with Gasteiger partial charge in [0.2, 0.25) is 5.88 Å². The molecule has 126 valence electrons. The molecule has 0 aliphatic carbocycles. The summed E-state index contributed by atoms with van der Waals surface area (Å²) in [6, 6.07) is 10.7. The van der Waals surface area contributed by atoms with Gasteiger partial charge in [-0.25, -0.2) is 13.5 Å². The van der Waals surface area contributed by atoms with Crippen LogP contribution in [0.2, 0.25) is 5.15 Å². The molecule has 6 nitrogen and oxygen atoms in total. The summed E-state index contributed by atoms with van der Waals surface area (Å²) >= 11 is 5.66. The van der Waals surface area contributed by atoms with E-state index >= 15 is 0 Å². The molecule has 0 N–H and O–H groups in total. The maximum Gasteiger partial charge on any atom is 0.263 e. The van der Waals surface area contributed by atoms with E-state index in [9.17, 15) is 14.0 Å². The summed E-state index contributed by atoms with van der Waals surface area (Å²) in [5.41, 5.74) is 1.21. The third kappa shape index (κ3) is 3.72. The lowest BCUT2D eigenvalue weighted by Gasteiger charge is -2.10. The van der Waals surface area contributed by atoms with Gasteiger partial charge in [0.1, 0.15) is 12.7 Å². The number of rotatable bonds is 5. The van der Waals surface area contributed by atoms with Gasteiger partial charge in [-0.3, -0.25) is 0 Å². The number of nitriles is 1. The molecule has 0 bridgehead atoms. The second-order valence-corrected chi connectivity index (χ2v) is 5.29. The molecule has 0 atom stereocenters. The Balaban J connectivity index is 1.87. The minimum absolute atomic E-state index is 0.00416. The monoisotopic (exact) mass is 361 g/mol. The van der Waals surface area contributed by atoms with Crippen molar-refractivity contribution in [3.05, 3.63) is 64.6 Å². The first kappa shape index (κ1) is 16.8. The highest BCUT2D eigenvalue weighted by atomic mass is 35.5. The van der Waals surface area contributed by atoms with Gasteiger partial charge in [0, 0.05) is 11.6 Å². The molecule has 3 rings (SSSR count). The third-order valence-corrected chi connectivity index (χ3v) is 3.54. The third-order valence-electron chi connectivity index (χ3n) is 3.34. The molecule has 0 aliphatic heterocycles. The van der Waals surface area contributed by atoms with Gasteiger partial charge in [-0.15, -0.1) is 10.2 Å². The van der Waals surface area contributed by atoms with E-state index in [1.807, 2.05) is 6.07 Å². The van der Waals surface area contributed by atoms with Crippen molar-refractivity contribution in [2.24, 2.45) is 0 Å². The Morgan fingerprint density at radius 1 is 1.16 bits per heavy atom. The van der Waals surface area contributed by atoms with Crippen molar-refractivity contribution in [3.63, 3.8) is 0 Å². The van der Waals surface area contributed by atoms with Crippen molar-refractivity contribution in [3.8, 4) is 17.6 Å². The fourth-order valence-electron chi connectivity index (χ4n) is 2.11. The molecule has 0 aliphatic rings. The highest BCUT2D eigenvalue weighted by Gasteiger charge is 2.14. The van der Waals surface area contributed by atoms with Crippen LogP contribution in [0.25, 0.3) is 5.69 Å². The van der Waals surface area contributed by atoms with Crippen LogP contribution in [0.15, 0.2) is 42.6 Å². The van der Waals surface area contributed by atoms with Crippen molar-refractivity contribution in [1.29, 1.82) is 5.26 Å². The zero-order valence-electron chi connectivity index (χ0n) is 12.6. The van der Waals surface area contributed by atoms with Gasteiger partial charge in [0.05, 0.1) is 23.1 Å². The molecule has 1 aromatic carbocycles. The fourth-order valence-corrected chi connectivity index (χ4v) is 2.21. The van der Waals surface area contributed by atoms with Crippen molar-refractivity contribution < 1.29 is 13.5 Å².